The van der Waals surface area contributed by atoms with E-state index < -0.39 is 0 Å². The highest BCUT2D eigenvalue weighted by molar-refractivity contribution is 5.81. The Morgan fingerprint density at radius 2 is 2.00 bits per heavy atom. The van der Waals surface area contributed by atoms with Gasteiger partial charge >= 0.3 is 0 Å². The highest BCUT2D eigenvalue weighted by Gasteiger charge is 2.27. The lowest BCUT2D eigenvalue weighted by atomic mass is 9.97. The zero-order chi connectivity index (χ0) is 24.9. The van der Waals surface area contributed by atoms with Crippen LogP contribution in [0.5, 0.6) is 11.5 Å². The highest BCUT2D eigenvalue weighted by Crippen LogP contribution is 2.29. The molecule has 0 bridgehead atoms. The minimum Gasteiger partial charge on any atom is -0.497 e. The van der Waals surface area contributed by atoms with Gasteiger partial charge < -0.3 is 19.7 Å². The van der Waals surface area contributed by atoms with Crippen molar-refractivity contribution in [3.63, 3.8) is 0 Å². The Kier molecular flexibility index (Phi) is 7.02. The molecule has 1 amide bonds. The van der Waals surface area contributed by atoms with Gasteiger partial charge in [0.1, 0.15) is 17.0 Å². The van der Waals surface area contributed by atoms with Gasteiger partial charge in [0.25, 0.3) is 0 Å². The van der Waals surface area contributed by atoms with E-state index in [2.05, 4.69) is 15.2 Å². The minimum atomic E-state index is -0.100. The maximum atomic E-state index is 13.1. The summed E-state index contributed by atoms with van der Waals surface area (Å²) < 4.78 is 12.8. The van der Waals surface area contributed by atoms with Crippen molar-refractivity contribution in [3.8, 4) is 22.8 Å². The number of nitrogens with zero attached hydrogens (tertiary/aromatic N) is 4. The normalized spacial score (nSPS) is 15.6. The van der Waals surface area contributed by atoms with Crippen LogP contribution in [0.4, 0.5) is 5.82 Å². The molecule has 4 aromatic rings. The van der Waals surface area contributed by atoms with Crippen molar-refractivity contribution in [3.05, 3.63) is 72.6 Å². The first-order valence-corrected chi connectivity index (χ1v) is 12.4. The number of fused-ring (bicyclic) bond motifs is 1. The van der Waals surface area contributed by atoms with Crippen molar-refractivity contribution in [2.45, 2.75) is 26.3 Å². The van der Waals surface area contributed by atoms with Crippen molar-refractivity contribution >= 4 is 17.2 Å². The molecule has 1 aliphatic heterocycles. The van der Waals surface area contributed by atoms with Crippen molar-refractivity contribution in [1.82, 2.24) is 19.9 Å². The summed E-state index contributed by atoms with van der Waals surface area (Å²) in [6.07, 6.45) is 5.41. The van der Waals surface area contributed by atoms with Gasteiger partial charge in [0.15, 0.2) is 5.82 Å². The summed E-state index contributed by atoms with van der Waals surface area (Å²) in [6, 6.07) is 17.8. The van der Waals surface area contributed by atoms with E-state index in [1.165, 1.54) is 0 Å². The molecule has 0 aliphatic carbocycles. The Bertz CT molecular complexity index is 1350. The second-order valence-electron chi connectivity index (χ2n) is 8.93. The monoisotopic (exact) mass is 485 g/mol. The van der Waals surface area contributed by atoms with Crippen LogP contribution in [0.25, 0.3) is 16.8 Å². The summed E-state index contributed by atoms with van der Waals surface area (Å²) in [5.41, 5.74) is 3.78. The van der Waals surface area contributed by atoms with Gasteiger partial charge in [-0.2, -0.15) is 5.10 Å². The molecule has 0 saturated carbocycles. The third kappa shape index (κ3) is 5.12. The van der Waals surface area contributed by atoms with E-state index in [-0.39, 0.29) is 11.8 Å². The lowest BCUT2D eigenvalue weighted by Crippen LogP contribution is -2.43. The first kappa shape index (κ1) is 23.7. The number of carbonyl (C=O) groups is 1. The van der Waals surface area contributed by atoms with E-state index in [4.69, 9.17) is 14.6 Å². The van der Waals surface area contributed by atoms with Crippen LogP contribution >= 0.6 is 0 Å². The first-order valence-electron chi connectivity index (χ1n) is 12.4. The number of rotatable bonds is 8. The molecule has 2 aromatic carbocycles. The number of piperidine rings is 1. The Morgan fingerprint density at radius 3 is 2.86 bits per heavy atom. The molecule has 1 N–H and O–H groups in total. The predicted molar refractivity (Wildman–Crippen MR) is 139 cm³/mol. The highest BCUT2D eigenvalue weighted by atomic mass is 16.5. The number of amides is 1. The van der Waals surface area contributed by atoms with Crippen molar-refractivity contribution in [1.29, 1.82) is 0 Å². The number of hydrogen-bond acceptors (Lipinski definition) is 6. The standard InChI is InChI=1S/C28H31N5O3/c1-3-36-24-11-4-7-20(15-24)18-30-28(34)22-9-6-13-32(19-22)27-26-17-25(31-33(26)14-12-29-27)21-8-5-10-23(16-21)35-2/h4-5,7-8,10-12,14-17,22H,3,6,9,13,18-19H2,1-2H3,(H,30,34)/t22-/m1/s1. The van der Waals surface area contributed by atoms with Crippen LogP contribution in [0.1, 0.15) is 25.3 Å². The molecule has 5 rings (SSSR count). The average molecular weight is 486 g/mol. The summed E-state index contributed by atoms with van der Waals surface area (Å²) in [4.78, 5) is 19.9. The van der Waals surface area contributed by atoms with E-state index in [9.17, 15) is 4.79 Å². The number of carbonyl (C=O) groups excluding carboxylic acids is 1. The molecular weight excluding hydrogens is 454 g/mol. The summed E-state index contributed by atoms with van der Waals surface area (Å²) in [7, 11) is 1.66. The lowest BCUT2D eigenvalue weighted by molar-refractivity contribution is -0.125. The minimum absolute atomic E-state index is 0.0686. The van der Waals surface area contributed by atoms with Crippen molar-refractivity contribution in [2.75, 3.05) is 31.7 Å². The van der Waals surface area contributed by atoms with E-state index in [1.54, 1.807) is 13.3 Å². The van der Waals surface area contributed by atoms with Crippen LogP contribution in [0.3, 0.4) is 0 Å². The molecule has 1 saturated heterocycles. The quantitative estimate of drug-likeness (QED) is 0.400. The van der Waals surface area contributed by atoms with Gasteiger partial charge in [-0.25, -0.2) is 9.50 Å². The van der Waals surface area contributed by atoms with Crippen LogP contribution in [0.15, 0.2) is 67.0 Å². The van der Waals surface area contributed by atoms with Gasteiger partial charge in [-0.15, -0.1) is 0 Å². The zero-order valence-electron chi connectivity index (χ0n) is 20.7. The summed E-state index contributed by atoms with van der Waals surface area (Å²) in [5, 5.41) is 7.87. The number of methoxy groups -OCH3 is 1. The SMILES string of the molecule is CCOc1cccc(CNC(=O)[C@@H]2CCCN(c3nccn4nc(-c5cccc(OC)c5)cc34)C2)c1. The van der Waals surface area contributed by atoms with Crippen LogP contribution < -0.4 is 19.7 Å². The largest absolute Gasteiger partial charge is 0.497 e. The molecule has 1 aliphatic rings. The maximum Gasteiger partial charge on any atom is 0.225 e. The summed E-state index contributed by atoms with van der Waals surface area (Å²) in [5.74, 6) is 2.43. The smallest absolute Gasteiger partial charge is 0.225 e. The summed E-state index contributed by atoms with van der Waals surface area (Å²) >= 11 is 0. The molecule has 186 valence electrons. The van der Waals surface area contributed by atoms with E-state index in [0.29, 0.717) is 19.7 Å². The number of anilines is 1. The van der Waals surface area contributed by atoms with Gasteiger partial charge in [-0.05, 0) is 55.7 Å². The molecule has 36 heavy (non-hydrogen) atoms. The molecular formula is C28H31N5O3. The number of nitrogens with one attached hydrogen (secondary N) is 1. The molecule has 0 radical (unpaired) electrons. The lowest BCUT2D eigenvalue weighted by Gasteiger charge is -2.33. The molecule has 1 fully saturated rings. The van der Waals surface area contributed by atoms with Gasteiger partial charge in [-0.1, -0.05) is 24.3 Å². The second-order valence-corrected chi connectivity index (χ2v) is 8.93. The topological polar surface area (TPSA) is 81.0 Å². The second kappa shape index (κ2) is 10.7. The first-order chi connectivity index (χ1) is 17.6. The Hall–Kier alpha value is -4.07. The molecule has 0 spiro atoms. The van der Waals surface area contributed by atoms with E-state index in [1.807, 2.05) is 72.2 Å². The molecule has 8 heteroatoms. The molecule has 1 atom stereocenters. The third-order valence-corrected chi connectivity index (χ3v) is 6.50. The number of aromatic nitrogens is 3. The van der Waals surface area contributed by atoms with E-state index >= 15 is 0 Å². The molecule has 3 heterocycles. The van der Waals surface area contributed by atoms with Crippen LogP contribution in [-0.4, -0.2) is 47.3 Å². The van der Waals surface area contributed by atoms with Crippen molar-refractivity contribution in [2.24, 2.45) is 5.92 Å². The van der Waals surface area contributed by atoms with Crippen LogP contribution in [-0.2, 0) is 11.3 Å². The molecule has 2 aromatic heterocycles. The number of benzene rings is 2. The van der Waals surface area contributed by atoms with Gasteiger partial charge in [-0.3, -0.25) is 4.79 Å². The number of ether oxygens (including phenoxy) is 2. The average Bonchev–Trinajstić information content (AvgIpc) is 3.37. The summed E-state index contributed by atoms with van der Waals surface area (Å²) in [6.45, 7) is 4.54. The van der Waals surface area contributed by atoms with Gasteiger partial charge in [0.05, 0.1) is 25.3 Å². The Balaban J connectivity index is 1.30. The van der Waals surface area contributed by atoms with Crippen molar-refractivity contribution < 1.29 is 14.3 Å². The Morgan fingerprint density at radius 1 is 1.14 bits per heavy atom. The molecule has 0 unspecified atom stereocenters. The van der Waals surface area contributed by atoms with Gasteiger partial charge in [0, 0.05) is 37.6 Å². The maximum absolute atomic E-state index is 13.1. The Labute approximate surface area is 210 Å². The fourth-order valence-corrected chi connectivity index (χ4v) is 4.70. The number of hydrogen-bond donors (Lipinski definition) is 1. The fraction of sp³-hybridized carbons (Fsp3) is 0.321. The van der Waals surface area contributed by atoms with Crippen LogP contribution in [0.2, 0.25) is 0 Å². The fourth-order valence-electron chi connectivity index (χ4n) is 4.70. The third-order valence-electron chi connectivity index (χ3n) is 6.50. The molecule has 8 nitrogen and oxygen atoms in total. The van der Waals surface area contributed by atoms with Crippen LogP contribution in [0, 0.1) is 5.92 Å². The predicted octanol–water partition coefficient (Wildman–Crippen LogP) is 4.34. The van der Waals surface area contributed by atoms with E-state index in [0.717, 1.165) is 59.0 Å². The van der Waals surface area contributed by atoms with Gasteiger partial charge in [0.2, 0.25) is 5.91 Å². The zero-order valence-corrected chi connectivity index (χ0v) is 20.7.